The summed E-state index contributed by atoms with van der Waals surface area (Å²) in [6, 6.07) is 1.86. The predicted molar refractivity (Wildman–Crippen MR) is 79.6 cm³/mol. The molecule has 0 unspecified atom stereocenters. The standard InChI is InChI=1S/C14H24N2O4S/c1-10(2)15-9-13-8-14(11(3)20-13)21(17,18)16-12-4-6-19-7-5-12/h8,10,12,15-16H,4-7,9H2,1-3H3. The van der Waals surface area contributed by atoms with Gasteiger partial charge in [0.1, 0.15) is 16.4 Å². The average Bonchev–Trinajstić information content (AvgIpc) is 2.79. The van der Waals surface area contributed by atoms with Crippen molar-refractivity contribution >= 4 is 10.0 Å². The number of aryl methyl sites for hydroxylation is 1. The molecule has 0 radical (unpaired) electrons. The fraction of sp³-hybridized carbons (Fsp3) is 0.714. The van der Waals surface area contributed by atoms with Gasteiger partial charge in [0, 0.05) is 31.4 Å². The lowest BCUT2D eigenvalue weighted by Gasteiger charge is -2.22. The Morgan fingerprint density at radius 3 is 2.62 bits per heavy atom. The van der Waals surface area contributed by atoms with Crippen LogP contribution in [0.3, 0.4) is 0 Å². The van der Waals surface area contributed by atoms with Gasteiger partial charge in [0.25, 0.3) is 0 Å². The maximum atomic E-state index is 12.4. The van der Waals surface area contributed by atoms with Crippen LogP contribution in [0.2, 0.25) is 0 Å². The minimum Gasteiger partial charge on any atom is -0.464 e. The highest BCUT2D eigenvalue weighted by Gasteiger charge is 2.26. The van der Waals surface area contributed by atoms with Gasteiger partial charge in [-0.1, -0.05) is 13.8 Å². The van der Waals surface area contributed by atoms with Crippen molar-refractivity contribution in [3.05, 3.63) is 17.6 Å². The Labute approximate surface area is 126 Å². The highest BCUT2D eigenvalue weighted by molar-refractivity contribution is 7.89. The molecule has 1 aliphatic rings. The van der Waals surface area contributed by atoms with Crippen molar-refractivity contribution < 1.29 is 17.6 Å². The molecular weight excluding hydrogens is 292 g/mol. The summed E-state index contributed by atoms with van der Waals surface area (Å²) in [6.45, 7) is 7.45. The second kappa shape index (κ2) is 6.91. The Morgan fingerprint density at radius 2 is 2.00 bits per heavy atom. The fourth-order valence-corrected chi connectivity index (χ4v) is 3.79. The van der Waals surface area contributed by atoms with Crippen LogP contribution in [0.5, 0.6) is 0 Å². The van der Waals surface area contributed by atoms with E-state index in [1.807, 2.05) is 13.8 Å². The molecule has 1 aromatic heterocycles. The zero-order valence-corrected chi connectivity index (χ0v) is 13.6. The van der Waals surface area contributed by atoms with Crippen LogP contribution < -0.4 is 10.0 Å². The Bertz CT molecular complexity index is 560. The fourth-order valence-electron chi connectivity index (χ4n) is 2.28. The number of hydrogen-bond donors (Lipinski definition) is 2. The summed E-state index contributed by atoms with van der Waals surface area (Å²) in [5.74, 6) is 1.06. The molecule has 0 aliphatic carbocycles. The molecule has 0 bridgehead atoms. The molecule has 120 valence electrons. The molecule has 2 heterocycles. The van der Waals surface area contributed by atoms with Gasteiger partial charge >= 0.3 is 0 Å². The number of sulfonamides is 1. The number of rotatable bonds is 6. The summed E-state index contributed by atoms with van der Waals surface area (Å²) in [7, 11) is -3.54. The van der Waals surface area contributed by atoms with E-state index in [9.17, 15) is 8.42 Å². The van der Waals surface area contributed by atoms with Gasteiger partial charge in [0.05, 0.1) is 6.54 Å². The molecule has 0 saturated carbocycles. The van der Waals surface area contributed by atoms with Crippen molar-refractivity contribution in [2.75, 3.05) is 13.2 Å². The molecule has 1 aliphatic heterocycles. The lowest BCUT2D eigenvalue weighted by atomic mass is 10.1. The molecule has 7 heteroatoms. The van der Waals surface area contributed by atoms with Crippen molar-refractivity contribution in [3.8, 4) is 0 Å². The number of hydrogen-bond acceptors (Lipinski definition) is 5. The monoisotopic (exact) mass is 316 g/mol. The minimum absolute atomic E-state index is 0.0599. The Morgan fingerprint density at radius 1 is 1.33 bits per heavy atom. The molecule has 1 fully saturated rings. The van der Waals surface area contributed by atoms with Crippen LogP contribution in [0.4, 0.5) is 0 Å². The second-order valence-electron chi connectivity index (χ2n) is 5.68. The number of furan rings is 1. The first-order valence-electron chi connectivity index (χ1n) is 7.31. The van der Waals surface area contributed by atoms with Crippen LogP contribution in [-0.4, -0.2) is 33.7 Å². The molecule has 1 aromatic rings. The van der Waals surface area contributed by atoms with Gasteiger partial charge in [-0.3, -0.25) is 0 Å². The van der Waals surface area contributed by atoms with E-state index >= 15 is 0 Å². The second-order valence-corrected chi connectivity index (χ2v) is 7.36. The Hall–Kier alpha value is -0.890. The van der Waals surface area contributed by atoms with E-state index in [2.05, 4.69) is 10.0 Å². The molecule has 21 heavy (non-hydrogen) atoms. The van der Waals surface area contributed by atoms with Crippen molar-refractivity contribution in [2.45, 2.75) is 57.1 Å². The van der Waals surface area contributed by atoms with Crippen LogP contribution in [0.1, 0.15) is 38.2 Å². The Balaban J connectivity index is 2.08. The average molecular weight is 316 g/mol. The van der Waals surface area contributed by atoms with Crippen molar-refractivity contribution in [1.82, 2.24) is 10.0 Å². The summed E-state index contributed by atoms with van der Waals surface area (Å²) in [4.78, 5) is 0.231. The molecule has 0 atom stereocenters. The van der Waals surface area contributed by atoms with E-state index in [1.54, 1.807) is 13.0 Å². The quantitative estimate of drug-likeness (QED) is 0.832. The van der Waals surface area contributed by atoms with Crippen molar-refractivity contribution in [1.29, 1.82) is 0 Å². The zero-order chi connectivity index (χ0) is 15.5. The van der Waals surface area contributed by atoms with E-state index in [0.717, 1.165) is 0 Å². The van der Waals surface area contributed by atoms with Gasteiger partial charge in [-0.25, -0.2) is 13.1 Å². The molecule has 1 saturated heterocycles. The van der Waals surface area contributed by atoms with Crippen LogP contribution in [0.15, 0.2) is 15.4 Å². The molecule has 0 aromatic carbocycles. The number of nitrogens with one attached hydrogen (secondary N) is 2. The largest absolute Gasteiger partial charge is 0.464 e. The highest BCUT2D eigenvalue weighted by atomic mass is 32.2. The van der Waals surface area contributed by atoms with Gasteiger partial charge < -0.3 is 14.5 Å². The topological polar surface area (TPSA) is 80.6 Å². The van der Waals surface area contributed by atoms with Gasteiger partial charge in [-0.15, -0.1) is 0 Å². The predicted octanol–water partition coefficient (Wildman–Crippen LogP) is 1.54. The summed E-state index contributed by atoms with van der Waals surface area (Å²) < 4.78 is 38.4. The molecule has 2 rings (SSSR count). The van der Waals surface area contributed by atoms with E-state index in [0.29, 0.717) is 50.2 Å². The van der Waals surface area contributed by atoms with Gasteiger partial charge in [-0.2, -0.15) is 0 Å². The third-order valence-electron chi connectivity index (χ3n) is 3.44. The van der Waals surface area contributed by atoms with E-state index < -0.39 is 10.0 Å². The van der Waals surface area contributed by atoms with Crippen LogP contribution in [-0.2, 0) is 21.3 Å². The van der Waals surface area contributed by atoms with Gasteiger partial charge in [0.15, 0.2) is 0 Å². The first kappa shape index (κ1) is 16.5. The summed E-state index contributed by atoms with van der Waals surface area (Å²) >= 11 is 0. The maximum Gasteiger partial charge on any atom is 0.244 e. The first-order valence-corrected chi connectivity index (χ1v) is 8.79. The third-order valence-corrected chi connectivity index (χ3v) is 5.07. The SMILES string of the molecule is Cc1oc(CNC(C)C)cc1S(=O)(=O)NC1CCOCC1. The Kier molecular flexibility index (Phi) is 5.43. The van der Waals surface area contributed by atoms with Crippen molar-refractivity contribution in [2.24, 2.45) is 0 Å². The highest BCUT2D eigenvalue weighted by Crippen LogP contribution is 2.21. The zero-order valence-electron chi connectivity index (χ0n) is 12.8. The smallest absolute Gasteiger partial charge is 0.244 e. The minimum atomic E-state index is -3.54. The third kappa shape index (κ3) is 4.54. The molecule has 2 N–H and O–H groups in total. The summed E-state index contributed by atoms with van der Waals surface area (Å²) in [5, 5.41) is 3.21. The van der Waals surface area contributed by atoms with E-state index in [-0.39, 0.29) is 10.9 Å². The molecule has 0 spiro atoms. The number of ether oxygens (including phenoxy) is 1. The van der Waals surface area contributed by atoms with Crippen LogP contribution >= 0.6 is 0 Å². The van der Waals surface area contributed by atoms with Crippen LogP contribution in [0, 0.1) is 6.92 Å². The summed E-state index contributed by atoms with van der Waals surface area (Å²) in [5.41, 5.74) is 0. The van der Waals surface area contributed by atoms with Crippen molar-refractivity contribution in [3.63, 3.8) is 0 Å². The molecule has 6 nitrogen and oxygen atoms in total. The molecule has 0 amide bonds. The van der Waals surface area contributed by atoms with E-state index in [4.69, 9.17) is 9.15 Å². The van der Waals surface area contributed by atoms with E-state index in [1.165, 1.54) is 0 Å². The normalized spacial score (nSPS) is 17.5. The lowest BCUT2D eigenvalue weighted by Crippen LogP contribution is -2.38. The lowest BCUT2D eigenvalue weighted by molar-refractivity contribution is 0.0832. The van der Waals surface area contributed by atoms with Gasteiger partial charge in [-0.05, 0) is 19.8 Å². The van der Waals surface area contributed by atoms with Crippen LogP contribution in [0.25, 0.3) is 0 Å². The molecular formula is C14H24N2O4S. The first-order chi connectivity index (χ1) is 9.88. The maximum absolute atomic E-state index is 12.4. The summed E-state index contributed by atoms with van der Waals surface area (Å²) in [6.07, 6.45) is 1.41. The van der Waals surface area contributed by atoms with Gasteiger partial charge in [0.2, 0.25) is 10.0 Å².